The third-order valence-corrected chi connectivity index (χ3v) is 5.25. The van der Waals surface area contributed by atoms with E-state index >= 15 is 0 Å². The number of benzene rings is 1. The van der Waals surface area contributed by atoms with Crippen molar-refractivity contribution in [2.45, 2.75) is 45.3 Å². The maximum Gasteiger partial charge on any atom is 0.155 e. The lowest BCUT2D eigenvalue weighted by Gasteiger charge is -2.26. The molecule has 0 spiro atoms. The molecule has 0 radical (unpaired) electrons. The minimum absolute atomic E-state index is 0.0918. The van der Waals surface area contributed by atoms with Crippen LogP contribution in [0.3, 0.4) is 0 Å². The summed E-state index contributed by atoms with van der Waals surface area (Å²) >= 11 is 0. The van der Waals surface area contributed by atoms with Gasteiger partial charge in [0.1, 0.15) is 0 Å². The summed E-state index contributed by atoms with van der Waals surface area (Å²) in [4.78, 5) is 4.51. The van der Waals surface area contributed by atoms with Gasteiger partial charge in [0, 0.05) is 48.9 Å². The number of aromatic nitrogens is 3. The first-order valence-electron chi connectivity index (χ1n) is 8.80. The molecule has 5 heteroatoms. The predicted molar refractivity (Wildman–Crippen MR) is 97.7 cm³/mol. The van der Waals surface area contributed by atoms with Gasteiger partial charge in [0.2, 0.25) is 0 Å². The molecule has 0 saturated heterocycles. The van der Waals surface area contributed by atoms with Crippen LogP contribution in [0.25, 0.3) is 5.65 Å². The van der Waals surface area contributed by atoms with Gasteiger partial charge in [-0.3, -0.25) is 0 Å². The first-order chi connectivity index (χ1) is 12.0. The highest BCUT2D eigenvalue weighted by atomic mass is 16.3. The molecular weight excluding hydrogens is 312 g/mol. The zero-order valence-electron chi connectivity index (χ0n) is 15.0. The van der Waals surface area contributed by atoms with Gasteiger partial charge in [0.15, 0.2) is 5.65 Å². The highest BCUT2D eigenvalue weighted by molar-refractivity contribution is 5.42. The van der Waals surface area contributed by atoms with E-state index in [-0.39, 0.29) is 6.04 Å². The Balaban J connectivity index is 1.50. The van der Waals surface area contributed by atoms with Gasteiger partial charge in [-0.2, -0.15) is 5.10 Å². The van der Waals surface area contributed by atoms with Gasteiger partial charge in [0.25, 0.3) is 0 Å². The van der Waals surface area contributed by atoms with Crippen molar-refractivity contribution < 1.29 is 5.11 Å². The number of fused-ring (bicyclic) bond motifs is 2. The molecular formula is C20H24N4O. The molecule has 2 aromatic heterocycles. The van der Waals surface area contributed by atoms with E-state index in [1.807, 2.05) is 35.8 Å². The second-order valence-corrected chi connectivity index (χ2v) is 7.30. The number of aliphatic hydroxyl groups is 1. The summed E-state index contributed by atoms with van der Waals surface area (Å²) in [5, 5.41) is 19.0. The topological polar surface area (TPSA) is 62.5 Å². The van der Waals surface area contributed by atoms with Crippen LogP contribution in [-0.4, -0.2) is 31.9 Å². The van der Waals surface area contributed by atoms with Crippen LogP contribution in [0.1, 0.15) is 41.0 Å². The van der Waals surface area contributed by atoms with Crippen molar-refractivity contribution in [2.75, 3.05) is 6.54 Å². The van der Waals surface area contributed by atoms with E-state index in [1.54, 1.807) is 0 Å². The van der Waals surface area contributed by atoms with Crippen LogP contribution in [-0.2, 0) is 12.8 Å². The van der Waals surface area contributed by atoms with Crippen LogP contribution in [0, 0.1) is 13.8 Å². The Bertz CT molecular complexity index is 906. The smallest absolute Gasteiger partial charge is 0.155 e. The monoisotopic (exact) mass is 336 g/mol. The molecule has 0 amide bonds. The second-order valence-electron chi connectivity index (χ2n) is 7.30. The normalized spacial score (nSPS) is 17.0. The maximum atomic E-state index is 11.0. The molecule has 3 aromatic rings. The zero-order valence-corrected chi connectivity index (χ0v) is 15.0. The van der Waals surface area contributed by atoms with E-state index in [1.165, 1.54) is 11.1 Å². The number of hydrogen-bond acceptors (Lipinski definition) is 4. The lowest BCUT2D eigenvalue weighted by Crippen LogP contribution is -2.42. The largest absolute Gasteiger partial charge is 0.388 e. The molecule has 1 aliphatic carbocycles. The standard InChI is InChI=1S/C20H24N4O/c1-13-8-19-21-11-18(15(3)24(19)23-13)14(2)22-12-20(25)9-16-6-4-5-7-17(16)10-20/h4-8,11,14,22,25H,9-10,12H2,1-3H3. The van der Waals surface area contributed by atoms with Gasteiger partial charge >= 0.3 is 0 Å². The molecule has 25 heavy (non-hydrogen) atoms. The average Bonchev–Trinajstić information content (AvgIpc) is 3.12. The molecule has 1 unspecified atom stereocenters. The molecule has 2 heterocycles. The second kappa shape index (κ2) is 5.93. The predicted octanol–water partition coefficient (Wildman–Crippen LogP) is 2.53. The molecule has 0 saturated carbocycles. The fourth-order valence-electron chi connectivity index (χ4n) is 3.85. The van der Waals surface area contributed by atoms with Crippen molar-refractivity contribution in [3.63, 3.8) is 0 Å². The van der Waals surface area contributed by atoms with Crippen molar-refractivity contribution >= 4 is 5.65 Å². The Morgan fingerprint density at radius 3 is 2.60 bits per heavy atom. The number of nitrogens with one attached hydrogen (secondary N) is 1. The molecule has 5 nitrogen and oxygen atoms in total. The Morgan fingerprint density at radius 1 is 1.24 bits per heavy atom. The van der Waals surface area contributed by atoms with E-state index in [0.29, 0.717) is 19.4 Å². The Morgan fingerprint density at radius 2 is 1.92 bits per heavy atom. The summed E-state index contributed by atoms with van der Waals surface area (Å²) in [5.74, 6) is 0. The maximum absolute atomic E-state index is 11.0. The van der Waals surface area contributed by atoms with Crippen LogP contribution >= 0.6 is 0 Å². The number of rotatable bonds is 4. The number of hydrogen-bond donors (Lipinski definition) is 2. The van der Waals surface area contributed by atoms with Crippen molar-refractivity contribution in [1.29, 1.82) is 0 Å². The SMILES string of the molecule is Cc1cc2ncc(C(C)NCC3(O)Cc4ccccc4C3)c(C)n2n1. The first kappa shape index (κ1) is 16.2. The summed E-state index contributed by atoms with van der Waals surface area (Å²) in [6.07, 6.45) is 3.33. The van der Waals surface area contributed by atoms with E-state index in [2.05, 4.69) is 41.4 Å². The Kier molecular flexibility index (Phi) is 3.85. The van der Waals surface area contributed by atoms with Gasteiger partial charge in [-0.15, -0.1) is 0 Å². The van der Waals surface area contributed by atoms with Crippen molar-refractivity contribution in [2.24, 2.45) is 0 Å². The van der Waals surface area contributed by atoms with Gasteiger partial charge in [-0.25, -0.2) is 9.50 Å². The van der Waals surface area contributed by atoms with Crippen LogP contribution < -0.4 is 5.32 Å². The quantitative estimate of drug-likeness (QED) is 0.768. The summed E-state index contributed by atoms with van der Waals surface area (Å²) < 4.78 is 1.89. The molecule has 1 aliphatic rings. The summed E-state index contributed by atoms with van der Waals surface area (Å²) in [6, 6.07) is 10.4. The van der Waals surface area contributed by atoms with Crippen LogP contribution in [0.15, 0.2) is 36.5 Å². The zero-order chi connectivity index (χ0) is 17.6. The highest BCUT2D eigenvalue weighted by Crippen LogP contribution is 2.30. The molecule has 0 fully saturated rings. The van der Waals surface area contributed by atoms with Crippen LogP contribution in [0.5, 0.6) is 0 Å². The Hall–Kier alpha value is -2.24. The molecule has 130 valence electrons. The molecule has 0 bridgehead atoms. The van der Waals surface area contributed by atoms with Gasteiger partial charge in [0.05, 0.1) is 11.3 Å². The van der Waals surface area contributed by atoms with Crippen molar-refractivity contribution in [3.8, 4) is 0 Å². The van der Waals surface area contributed by atoms with Gasteiger partial charge in [-0.1, -0.05) is 24.3 Å². The fourth-order valence-corrected chi connectivity index (χ4v) is 3.85. The van der Waals surface area contributed by atoms with Gasteiger partial charge in [-0.05, 0) is 31.9 Å². The highest BCUT2D eigenvalue weighted by Gasteiger charge is 2.35. The molecule has 4 rings (SSSR count). The van der Waals surface area contributed by atoms with E-state index in [9.17, 15) is 5.11 Å². The third-order valence-electron chi connectivity index (χ3n) is 5.25. The number of aryl methyl sites for hydroxylation is 2. The molecule has 1 atom stereocenters. The lowest BCUT2D eigenvalue weighted by molar-refractivity contribution is 0.0488. The van der Waals surface area contributed by atoms with E-state index in [4.69, 9.17) is 0 Å². The molecule has 0 aliphatic heterocycles. The minimum Gasteiger partial charge on any atom is -0.388 e. The summed E-state index contributed by atoms with van der Waals surface area (Å²) in [6.45, 7) is 6.70. The Labute approximate surface area is 147 Å². The third kappa shape index (κ3) is 2.94. The van der Waals surface area contributed by atoms with Crippen molar-refractivity contribution in [1.82, 2.24) is 19.9 Å². The average molecular weight is 336 g/mol. The minimum atomic E-state index is -0.717. The van der Waals surface area contributed by atoms with E-state index < -0.39 is 5.60 Å². The van der Waals surface area contributed by atoms with Crippen LogP contribution in [0.4, 0.5) is 0 Å². The fraction of sp³-hybridized carbons (Fsp3) is 0.400. The van der Waals surface area contributed by atoms with Crippen molar-refractivity contribution in [3.05, 3.63) is 64.6 Å². The van der Waals surface area contributed by atoms with Gasteiger partial charge < -0.3 is 10.4 Å². The molecule has 2 N–H and O–H groups in total. The first-order valence-corrected chi connectivity index (χ1v) is 8.80. The van der Waals surface area contributed by atoms with Crippen LogP contribution in [0.2, 0.25) is 0 Å². The molecule has 1 aromatic carbocycles. The van der Waals surface area contributed by atoms with E-state index in [0.717, 1.165) is 22.6 Å². The summed E-state index contributed by atoms with van der Waals surface area (Å²) in [5.41, 5.74) is 5.82. The summed E-state index contributed by atoms with van der Waals surface area (Å²) in [7, 11) is 0. The lowest BCUT2D eigenvalue weighted by atomic mass is 9.99. The number of nitrogens with zero attached hydrogens (tertiary/aromatic N) is 3.